The first-order valence-corrected chi connectivity index (χ1v) is 15.9. The summed E-state index contributed by atoms with van der Waals surface area (Å²) < 4.78 is 12.5. The first kappa shape index (κ1) is 32.6. The average Bonchev–Trinajstić information content (AvgIpc) is 2.92. The lowest BCUT2D eigenvalue weighted by Crippen LogP contribution is -2.45. The Labute approximate surface area is 270 Å². The van der Waals surface area contributed by atoms with E-state index < -0.39 is 11.9 Å². The van der Waals surface area contributed by atoms with Crippen LogP contribution in [0.5, 0.6) is 11.5 Å². The monoisotopic (exact) mass is 631 g/mol. The van der Waals surface area contributed by atoms with Crippen LogP contribution >= 0.6 is 11.6 Å². The van der Waals surface area contributed by atoms with Crippen molar-refractivity contribution >= 4 is 29.1 Å². The third kappa shape index (κ3) is 6.74. The van der Waals surface area contributed by atoms with Gasteiger partial charge in [0, 0.05) is 51.9 Å². The highest BCUT2D eigenvalue weighted by Crippen LogP contribution is 2.55. The van der Waals surface area contributed by atoms with Crippen LogP contribution in [-0.4, -0.2) is 40.7 Å². The lowest BCUT2D eigenvalue weighted by molar-refractivity contribution is -0.138. The molecule has 5 rings (SSSR count). The Morgan fingerprint density at radius 2 is 1.62 bits per heavy atom. The number of carbonyl (C=O) groups is 3. The number of halogens is 1. The van der Waals surface area contributed by atoms with Crippen LogP contribution < -0.4 is 9.47 Å². The van der Waals surface area contributed by atoms with Gasteiger partial charge in [-0.25, -0.2) is 0 Å². The number of Topliss-reactive ketones (excluding diaryl/α,β-unsaturated/α-hetero) is 2. The van der Waals surface area contributed by atoms with E-state index in [1.807, 2.05) is 71.0 Å². The van der Waals surface area contributed by atoms with Crippen LogP contribution in [-0.2, 0) is 27.4 Å². The van der Waals surface area contributed by atoms with E-state index in [1.165, 1.54) is 0 Å². The number of ether oxygens (including phenoxy) is 2. The quantitative estimate of drug-likeness (QED) is 0.267. The molecule has 0 unspecified atom stereocenters. The molecule has 1 N–H and O–H groups in total. The molecule has 0 spiro atoms. The predicted molar refractivity (Wildman–Crippen MR) is 174 cm³/mol. The second-order valence-corrected chi connectivity index (χ2v) is 14.3. The molecule has 1 aliphatic heterocycles. The van der Waals surface area contributed by atoms with E-state index in [4.69, 9.17) is 21.1 Å². The number of rotatable bonds is 10. The van der Waals surface area contributed by atoms with Gasteiger partial charge in [0.05, 0.1) is 6.61 Å². The molecule has 3 aliphatic rings. The van der Waals surface area contributed by atoms with Crippen LogP contribution in [0.1, 0.15) is 82.9 Å². The fourth-order valence-electron chi connectivity index (χ4n) is 7.07. The number of hydrogen-bond donors (Lipinski definition) is 1. The Morgan fingerprint density at radius 1 is 1.00 bits per heavy atom. The van der Waals surface area contributed by atoms with Crippen LogP contribution in [0.25, 0.3) is 0 Å². The summed E-state index contributed by atoms with van der Waals surface area (Å²) in [5.74, 6) is -0.688. The third-order valence-electron chi connectivity index (χ3n) is 8.74. The van der Waals surface area contributed by atoms with Gasteiger partial charge in [-0.05, 0) is 66.3 Å². The summed E-state index contributed by atoms with van der Waals surface area (Å²) in [6.45, 7) is 14.3. The molecule has 45 heavy (non-hydrogen) atoms. The van der Waals surface area contributed by atoms with E-state index in [0.29, 0.717) is 77.8 Å². The molecule has 1 heterocycles. The van der Waals surface area contributed by atoms with Crippen molar-refractivity contribution in [2.45, 2.75) is 79.2 Å². The molecule has 7 nitrogen and oxygen atoms in total. The number of carboxylic acid groups (broad SMARTS) is 1. The zero-order valence-electron chi connectivity index (χ0n) is 26.8. The van der Waals surface area contributed by atoms with Crippen molar-refractivity contribution in [3.63, 3.8) is 0 Å². The molecular weight excluding hydrogens is 590 g/mol. The minimum atomic E-state index is -1.01. The Kier molecular flexibility index (Phi) is 9.05. The summed E-state index contributed by atoms with van der Waals surface area (Å²) in [5, 5.41) is 10.6. The summed E-state index contributed by atoms with van der Waals surface area (Å²) in [6.07, 6.45) is 3.93. The molecular formula is C37H42ClNO6. The highest BCUT2D eigenvalue weighted by molar-refractivity contribution is 6.30. The lowest BCUT2D eigenvalue weighted by Gasteiger charge is -2.48. The van der Waals surface area contributed by atoms with E-state index in [0.717, 1.165) is 16.7 Å². The minimum Gasteiger partial charge on any atom is -0.490 e. The first-order valence-electron chi connectivity index (χ1n) is 15.5. The summed E-state index contributed by atoms with van der Waals surface area (Å²) >= 11 is 6.21. The third-order valence-corrected chi connectivity index (χ3v) is 8.97. The second-order valence-electron chi connectivity index (χ2n) is 13.9. The van der Waals surface area contributed by atoms with Crippen LogP contribution in [0.4, 0.5) is 0 Å². The van der Waals surface area contributed by atoms with Gasteiger partial charge in [-0.3, -0.25) is 14.4 Å². The molecule has 0 saturated carbocycles. The van der Waals surface area contributed by atoms with Gasteiger partial charge < -0.3 is 19.5 Å². The SMILES string of the molecule is C=CCc1cc(C2C3=C(CC(C)(C)CC3=O)N(CC(=O)O)C3=C2C(=O)CC(C)(C)C3)cc(OCC)c1OCc1cccc(Cl)c1. The molecule has 8 heteroatoms. The molecule has 0 atom stereocenters. The predicted octanol–water partition coefficient (Wildman–Crippen LogP) is 7.82. The van der Waals surface area contributed by atoms with Crippen LogP contribution in [0, 0.1) is 10.8 Å². The highest BCUT2D eigenvalue weighted by Gasteiger charge is 2.49. The average molecular weight is 632 g/mol. The van der Waals surface area contributed by atoms with Crippen molar-refractivity contribution in [1.29, 1.82) is 0 Å². The Morgan fingerprint density at radius 3 is 2.16 bits per heavy atom. The first-order chi connectivity index (χ1) is 21.2. The minimum absolute atomic E-state index is 0.0599. The Hall–Kier alpha value is -3.84. The van der Waals surface area contributed by atoms with Crippen molar-refractivity contribution < 1.29 is 29.0 Å². The normalized spacial score (nSPS) is 19.3. The molecule has 0 radical (unpaired) electrons. The fraction of sp³-hybridized carbons (Fsp3) is 0.432. The number of hydrogen-bond acceptors (Lipinski definition) is 6. The number of nitrogens with zero attached hydrogens (tertiary/aromatic N) is 1. The smallest absolute Gasteiger partial charge is 0.323 e. The van der Waals surface area contributed by atoms with Gasteiger partial charge >= 0.3 is 5.97 Å². The Balaban J connectivity index is 1.73. The maximum Gasteiger partial charge on any atom is 0.323 e. The largest absolute Gasteiger partial charge is 0.490 e. The van der Waals surface area contributed by atoms with Gasteiger partial charge in [-0.1, -0.05) is 63.6 Å². The number of ketones is 2. The molecule has 238 valence electrons. The van der Waals surface area contributed by atoms with Crippen molar-refractivity contribution in [3.05, 3.63) is 93.3 Å². The molecule has 0 fully saturated rings. The van der Waals surface area contributed by atoms with Gasteiger partial charge in [-0.15, -0.1) is 6.58 Å². The van der Waals surface area contributed by atoms with Gasteiger partial charge in [0.1, 0.15) is 13.2 Å². The molecule has 0 saturated heterocycles. The van der Waals surface area contributed by atoms with Crippen LogP contribution in [0.3, 0.4) is 0 Å². The van der Waals surface area contributed by atoms with Gasteiger partial charge in [0.2, 0.25) is 0 Å². The van der Waals surface area contributed by atoms with E-state index in [9.17, 15) is 19.5 Å². The maximum atomic E-state index is 14.1. The summed E-state index contributed by atoms with van der Waals surface area (Å²) in [6, 6.07) is 11.3. The topological polar surface area (TPSA) is 93.1 Å². The number of benzene rings is 2. The van der Waals surface area contributed by atoms with E-state index >= 15 is 0 Å². The molecule has 0 bridgehead atoms. The zero-order valence-corrected chi connectivity index (χ0v) is 27.6. The molecule has 2 aromatic carbocycles. The molecule has 2 aliphatic carbocycles. The maximum absolute atomic E-state index is 14.1. The second kappa shape index (κ2) is 12.5. The lowest BCUT2D eigenvalue weighted by atomic mass is 9.63. The molecule has 0 amide bonds. The standard InChI is InChI=1S/C37H42ClNO6/c1-7-10-23-14-24(15-30(44-8-2)35(23)45-21-22-11-9-12-25(38)13-22)32-33-26(16-36(3,4)18-28(33)40)39(20-31(42)43)27-17-37(5,6)19-29(41)34(27)32/h7,9,11-15,32H,1,8,10,16-21H2,2-6H3,(H,42,43). The van der Waals surface area contributed by atoms with Crippen molar-refractivity contribution in [2.24, 2.45) is 10.8 Å². The fourth-order valence-corrected chi connectivity index (χ4v) is 7.29. The highest BCUT2D eigenvalue weighted by atomic mass is 35.5. The molecule has 2 aromatic rings. The number of carboxylic acids is 1. The summed E-state index contributed by atoms with van der Waals surface area (Å²) in [4.78, 5) is 42.2. The van der Waals surface area contributed by atoms with E-state index in [1.54, 1.807) is 11.0 Å². The summed E-state index contributed by atoms with van der Waals surface area (Å²) in [5.41, 5.74) is 4.20. The van der Waals surface area contributed by atoms with Crippen LogP contribution in [0.2, 0.25) is 5.02 Å². The Bertz CT molecular complexity index is 1580. The van der Waals surface area contributed by atoms with Gasteiger partial charge in [-0.2, -0.15) is 0 Å². The van der Waals surface area contributed by atoms with Gasteiger partial charge in [0.15, 0.2) is 23.1 Å². The van der Waals surface area contributed by atoms with Crippen molar-refractivity contribution in [2.75, 3.05) is 13.2 Å². The zero-order chi connectivity index (χ0) is 32.7. The molecule has 0 aromatic heterocycles. The number of allylic oxidation sites excluding steroid dienone is 5. The summed E-state index contributed by atoms with van der Waals surface area (Å²) in [7, 11) is 0. The van der Waals surface area contributed by atoms with E-state index in [-0.39, 0.29) is 35.5 Å². The van der Waals surface area contributed by atoms with E-state index in [2.05, 4.69) is 6.58 Å². The van der Waals surface area contributed by atoms with Crippen molar-refractivity contribution in [3.8, 4) is 11.5 Å². The van der Waals surface area contributed by atoms with Crippen LogP contribution in [0.15, 0.2) is 71.6 Å². The van der Waals surface area contributed by atoms with Gasteiger partial charge in [0.25, 0.3) is 0 Å². The number of aliphatic carboxylic acids is 1. The van der Waals surface area contributed by atoms with Crippen molar-refractivity contribution in [1.82, 2.24) is 4.90 Å². The number of carbonyl (C=O) groups excluding carboxylic acids is 2.